The number of thiophene rings is 1. The summed E-state index contributed by atoms with van der Waals surface area (Å²) in [4.78, 5) is 43.7. The zero-order valence-corrected chi connectivity index (χ0v) is 19.8. The summed E-state index contributed by atoms with van der Waals surface area (Å²) in [5.74, 6) is -0.412. The van der Waals surface area contributed by atoms with E-state index in [1.807, 2.05) is 22.4 Å². The third-order valence-electron chi connectivity index (χ3n) is 6.84. The molecule has 0 saturated carbocycles. The van der Waals surface area contributed by atoms with Gasteiger partial charge in [0.2, 0.25) is 11.8 Å². The van der Waals surface area contributed by atoms with Crippen molar-refractivity contribution in [3.63, 3.8) is 0 Å². The van der Waals surface area contributed by atoms with Gasteiger partial charge in [-0.2, -0.15) is 0 Å². The Morgan fingerprint density at radius 1 is 1.18 bits per heavy atom. The molecule has 0 aliphatic carbocycles. The molecule has 2 aromatic rings. The summed E-state index contributed by atoms with van der Waals surface area (Å²) in [6, 6.07) is 6.36. The summed E-state index contributed by atoms with van der Waals surface area (Å²) in [7, 11) is 0. The lowest BCUT2D eigenvalue weighted by molar-refractivity contribution is -0.143. The smallest absolute Gasteiger partial charge is 0.292 e. The van der Waals surface area contributed by atoms with E-state index in [9.17, 15) is 14.4 Å². The molecule has 5 heterocycles. The van der Waals surface area contributed by atoms with Crippen molar-refractivity contribution in [1.29, 1.82) is 0 Å². The number of nitrogens with one attached hydrogen (secondary N) is 1. The number of hydrogen-bond acceptors (Lipinski definition) is 7. The van der Waals surface area contributed by atoms with E-state index in [1.165, 1.54) is 11.2 Å². The Morgan fingerprint density at radius 3 is 2.71 bits per heavy atom. The lowest BCUT2D eigenvalue weighted by Crippen LogP contribution is -2.60. The van der Waals surface area contributed by atoms with Crippen LogP contribution in [0.25, 0.3) is 0 Å². The predicted octanol–water partition coefficient (Wildman–Crippen LogP) is 2.04. The van der Waals surface area contributed by atoms with E-state index in [1.54, 1.807) is 23.5 Å². The number of furan rings is 1. The number of amides is 3. The van der Waals surface area contributed by atoms with E-state index in [0.717, 1.165) is 17.7 Å². The molecule has 0 aromatic carbocycles. The maximum atomic E-state index is 13.5. The summed E-state index contributed by atoms with van der Waals surface area (Å²) in [6.45, 7) is 2.14. The van der Waals surface area contributed by atoms with E-state index in [4.69, 9.17) is 13.9 Å². The van der Waals surface area contributed by atoms with E-state index in [0.29, 0.717) is 45.5 Å². The molecule has 34 heavy (non-hydrogen) atoms. The first kappa shape index (κ1) is 23.1. The molecule has 3 aliphatic rings. The van der Waals surface area contributed by atoms with Crippen LogP contribution in [0, 0.1) is 0 Å². The maximum Gasteiger partial charge on any atom is 0.292 e. The van der Waals surface area contributed by atoms with Crippen molar-refractivity contribution in [2.24, 2.45) is 0 Å². The Balaban J connectivity index is 1.29. The standard InChI is InChI=1S/C24H29N3O6S/c28-21(14-18-5-3-13-34-18)26-9-7-24(8-10-26)27(23(30)20-6-2-12-32-20)19(16-33-24)22(29)25-15-17-4-1-11-31-17/h2-3,5-6,12-13,17,19H,1,4,7-11,14-16H2,(H,25,29). The first-order valence-corrected chi connectivity index (χ1v) is 12.6. The van der Waals surface area contributed by atoms with Gasteiger partial charge in [0, 0.05) is 44.0 Å². The molecule has 5 rings (SSSR count). The second kappa shape index (κ2) is 9.89. The first-order valence-electron chi connectivity index (χ1n) is 11.8. The maximum absolute atomic E-state index is 13.5. The number of piperidine rings is 1. The van der Waals surface area contributed by atoms with Crippen LogP contribution in [-0.2, 0) is 25.5 Å². The van der Waals surface area contributed by atoms with Gasteiger partial charge in [-0.1, -0.05) is 6.07 Å². The molecule has 182 valence electrons. The summed E-state index contributed by atoms with van der Waals surface area (Å²) in [5.41, 5.74) is -0.949. The third kappa shape index (κ3) is 4.62. The van der Waals surface area contributed by atoms with Gasteiger partial charge in [-0.05, 0) is 36.4 Å². The summed E-state index contributed by atoms with van der Waals surface area (Å²) in [5, 5.41) is 4.90. The molecular formula is C24H29N3O6S. The van der Waals surface area contributed by atoms with Gasteiger partial charge in [0.1, 0.15) is 11.8 Å². The Morgan fingerprint density at radius 2 is 2.03 bits per heavy atom. The van der Waals surface area contributed by atoms with Gasteiger partial charge in [-0.3, -0.25) is 19.3 Å². The lowest BCUT2D eigenvalue weighted by Gasteiger charge is -2.44. The molecule has 3 amide bonds. The van der Waals surface area contributed by atoms with E-state index in [-0.39, 0.29) is 36.2 Å². The fraction of sp³-hybridized carbons (Fsp3) is 0.542. The van der Waals surface area contributed by atoms with Crippen molar-refractivity contribution in [3.05, 3.63) is 46.5 Å². The van der Waals surface area contributed by atoms with Crippen molar-refractivity contribution in [2.45, 2.75) is 50.0 Å². The molecule has 0 radical (unpaired) electrons. The molecule has 10 heteroatoms. The van der Waals surface area contributed by atoms with Gasteiger partial charge in [-0.25, -0.2) is 0 Å². The number of carbonyl (C=O) groups is 3. The van der Waals surface area contributed by atoms with Crippen LogP contribution in [0.2, 0.25) is 0 Å². The van der Waals surface area contributed by atoms with Crippen LogP contribution in [0.15, 0.2) is 40.3 Å². The zero-order chi connectivity index (χ0) is 23.5. The molecule has 1 spiro atoms. The average molecular weight is 488 g/mol. The molecular weight excluding hydrogens is 458 g/mol. The van der Waals surface area contributed by atoms with Gasteiger partial charge >= 0.3 is 0 Å². The highest BCUT2D eigenvalue weighted by molar-refractivity contribution is 7.10. The molecule has 3 fully saturated rings. The van der Waals surface area contributed by atoms with Crippen LogP contribution < -0.4 is 5.32 Å². The first-order chi connectivity index (χ1) is 16.6. The predicted molar refractivity (Wildman–Crippen MR) is 123 cm³/mol. The minimum absolute atomic E-state index is 0.00653. The fourth-order valence-corrected chi connectivity index (χ4v) is 5.70. The number of rotatable bonds is 6. The Hall–Kier alpha value is -2.69. The fourth-order valence-electron chi connectivity index (χ4n) is 5.00. The third-order valence-corrected chi connectivity index (χ3v) is 7.72. The molecule has 1 N–H and O–H groups in total. The van der Waals surface area contributed by atoms with Gasteiger partial charge in [0.05, 0.1) is 25.4 Å². The Bertz CT molecular complexity index is 994. The van der Waals surface area contributed by atoms with E-state index in [2.05, 4.69) is 5.32 Å². The van der Waals surface area contributed by atoms with Crippen molar-refractivity contribution < 1.29 is 28.3 Å². The van der Waals surface area contributed by atoms with Gasteiger partial charge in [0.15, 0.2) is 5.76 Å². The number of carbonyl (C=O) groups excluding carboxylic acids is 3. The van der Waals surface area contributed by atoms with E-state index >= 15 is 0 Å². The zero-order valence-electron chi connectivity index (χ0n) is 18.9. The second-order valence-corrected chi connectivity index (χ2v) is 9.97. The van der Waals surface area contributed by atoms with Crippen LogP contribution in [0.1, 0.15) is 41.1 Å². The van der Waals surface area contributed by atoms with Gasteiger partial charge in [0.25, 0.3) is 5.91 Å². The molecule has 3 saturated heterocycles. The molecule has 9 nitrogen and oxygen atoms in total. The summed E-state index contributed by atoms with van der Waals surface area (Å²) >= 11 is 1.57. The van der Waals surface area contributed by atoms with Crippen molar-refractivity contribution in [3.8, 4) is 0 Å². The molecule has 0 bridgehead atoms. The highest BCUT2D eigenvalue weighted by Gasteiger charge is 2.54. The molecule has 2 unspecified atom stereocenters. The average Bonchev–Trinajstić information content (AvgIpc) is 3.66. The quantitative estimate of drug-likeness (QED) is 0.669. The SMILES string of the molecule is O=C(NCC1CCCO1)C1COC2(CCN(C(=O)Cc3cccs3)CC2)N1C(=O)c1ccco1. The Kier molecular flexibility index (Phi) is 6.71. The normalized spacial score (nSPS) is 24.0. The van der Waals surface area contributed by atoms with Crippen molar-refractivity contribution in [2.75, 3.05) is 32.8 Å². The number of ether oxygens (including phenoxy) is 2. The van der Waals surface area contributed by atoms with Gasteiger partial charge in [-0.15, -0.1) is 11.3 Å². The minimum atomic E-state index is -0.949. The van der Waals surface area contributed by atoms with Crippen molar-refractivity contribution >= 4 is 29.1 Å². The number of hydrogen-bond donors (Lipinski definition) is 1. The number of nitrogens with zero attached hydrogens (tertiary/aromatic N) is 2. The molecule has 2 atom stereocenters. The van der Waals surface area contributed by atoms with E-state index < -0.39 is 11.8 Å². The van der Waals surface area contributed by atoms with Crippen LogP contribution in [0.3, 0.4) is 0 Å². The van der Waals surface area contributed by atoms with Crippen LogP contribution >= 0.6 is 11.3 Å². The minimum Gasteiger partial charge on any atom is -0.459 e. The Labute approximate surface area is 202 Å². The molecule has 3 aliphatic heterocycles. The summed E-state index contributed by atoms with van der Waals surface area (Å²) in [6.07, 6.45) is 4.59. The second-order valence-electron chi connectivity index (χ2n) is 8.94. The molecule has 2 aromatic heterocycles. The lowest BCUT2D eigenvalue weighted by atomic mass is 9.97. The van der Waals surface area contributed by atoms with Crippen LogP contribution in [0.5, 0.6) is 0 Å². The van der Waals surface area contributed by atoms with Crippen molar-refractivity contribution in [1.82, 2.24) is 15.1 Å². The van der Waals surface area contributed by atoms with Crippen LogP contribution in [-0.4, -0.2) is 78.2 Å². The van der Waals surface area contributed by atoms with Gasteiger partial charge < -0.3 is 24.1 Å². The summed E-state index contributed by atoms with van der Waals surface area (Å²) < 4.78 is 17.2. The monoisotopic (exact) mass is 487 g/mol. The highest BCUT2D eigenvalue weighted by Crippen LogP contribution is 2.38. The largest absolute Gasteiger partial charge is 0.459 e. The topological polar surface area (TPSA) is 101 Å². The highest BCUT2D eigenvalue weighted by atomic mass is 32.1. The number of likely N-dealkylation sites (tertiary alicyclic amines) is 1. The van der Waals surface area contributed by atoms with Crippen LogP contribution in [0.4, 0.5) is 0 Å².